The van der Waals surface area contributed by atoms with E-state index in [1.807, 2.05) is 12.1 Å². The molecule has 0 atom stereocenters. The van der Waals surface area contributed by atoms with Crippen molar-refractivity contribution in [2.45, 2.75) is 56.6 Å². The fourth-order valence-electron chi connectivity index (χ4n) is 2.70. The standard InChI is InChI=1S/C18H25N5OS/c1-2-3-4-5-10-20-16(24)13-25-18-22-21-17(23(18)15-6-7-15)14-8-11-19-12-9-14/h8-9,11-12,15H,2-7,10,13H2,1H3,(H,20,24). The molecule has 7 heteroatoms. The third-order valence-electron chi connectivity index (χ3n) is 4.20. The lowest BCUT2D eigenvalue weighted by molar-refractivity contribution is -0.118. The van der Waals surface area contributed by atoms with Crippen molar-refractivity contribution in [3.63, 3.8) is 0 Å². The second kappa shape index (κ2) is 8.99. The van der Waals surface area contributed by atoms with E-state index in [0.29, 0.717) is 11.8 Å². The number of thioether (sulfide) groups is 1. The van der Waals surface area contributed by atoms with Crippen molar-refractivity contribution in [3.05, 3.63) is 24.5 Å². The van der Waals surface area contributed by atoms with Crippen molar-refractivity contribution in [1.82, 2.24) is 25.1 Å². The lowest BCUT2D eigenvalue weighted by Crippen LogP contribution is -2.26. The van der Waals surface area contributed by atoms with Gasteiger partial charge in [0.1, 0.15) is 0 Å². The van der Waals surface area contributed by atoms with E-state index in [1.165, 1.54) is 31.0 Å². The summed E-state index contributed by atoms with van der Waals surface area (Å²) < 4.78 is 2.18. The van der Waals surface area contributed by atoms with Crippen LogP contribution in [0.4, 0.5) is 0 Å². The molecule has 1 fully saturated rings. The zero-order valence-corrected chi connectivity index (χ0v) is 15.5. The van der Waals surface area contributed by atoms with Crippen LogP contribution in [0.5, 0.6) is 0 Å². The number of hydrogen-bond donors (Lipinski definition) is 1. The summed E-state index contributed by atoms with van der Waals surface area (Å²) in [7, 11) is 0. The third-order valence-corrected chi connectivity index (χ3v) is 5.14. The fourth-order valence-corrected chi connectivity index (χ4v) is 3.53. The normalized spacial score (nSPS) is 13.8. The van der Waals surface area contributed by atoms with Gasteiger partial charge in [0.2, 0.25) is 5.91 Å². The molecule has 2 aromatic heterocycles. The summed E-state index contributed by atoms with van der Waals surface area (Å²) in [6, 6.07) is 4.35. The molecule has 134 valence electrons. The van der Waals surface area contributed by atoms with Gasteiger partial charge in [0, 0.05) is 30.5 Å². The Hall–Kier alpha value is -1.89. The number of carbonyl (C=O) groups is 1. The minimum atomic E-state index is 0.0670. The molecule has 1 aliphatic carbocycles. The fraction of sp³-hybridized carbons (Fsp3) is 0.556. The summed E-state index contributed by atoms with van der Waals surface area (Å²) in [6.45, 7) is 2.95. The number of aromatic nitrogens is 4. The zero-order chi connectivity index (χ0) is 17.5. The highest BCUT2D eigenvalue weighted by Gasteiger charge is 2.30. The van der Waals surface area contributed by atoms with Crippen LogP contribution in [0, 0.1) is 0 Å². The van der Waals surface area contributed by atoms with Crippen LogP contribution in [-0.4, -0.2) is 38.0 Å². The van der Waals surface area contributed by atoms with E-state index in [9.17, 15) is 4.79 Å². The van der Waals surface area contributed by atoms with Gasteiger partial charge in [-0.25, -0.2) is 0 Å². The van der Waals surface area contributed by atoms with Crippen LogP contribution in [0.3, 0.4) is 0 Å². The first kappa shape index (κ1) is 17.9. The third kappa shape index (κ3) is 5.04. The van der Waals surface area contributed by atoms with Crippen molar-refractivity contribution in [2.75, 3.05) is 12.3 Å². The van der Waals surface area contributed by atoms with Gasteiger partial charge in [-0.15, -0.1) is 10.2 Å². The monoisotopic (exact) mass is 359 g/mol. The number of nitrogens with one attached hydrogen (secondary N) is 1. The first-order valence-corrected chi connectivity index (χ1v) is 10.0. The molecule has 1 amide bonds. The zero-order valence-electron chi connectivity index (χ0n) is 14.6. The second-order valence-electron chi connectivity index (χ2n) is 6.34. The van der Waals surface area contributed by atoms with Crippen molar-refractivity contribution >= 4 is 17.7 Å². The molecular weight excluding hydrogens is 334 g/mol. The smallest absolute Gasteiger partial charge is 0.230 e. The summed E-state index contributed by atoms with van der Waals surface area (Å²) in [5, 5.41) is 12.5. The van der Waals surface area contributed by atoms with Crippen molar-refractivity contribution in [1.29, 1.82) is 0 Å². The molecule has 2 heterocycles. The van der Waals surface area contributed by atoms with Crippen molar-refractivity contribution in [3.8, 4) is 11.4 Å². The summed E-state index contributed by atoms with van der Waals surface area (Å²) in [5.41, 5.74) is 1.02. The van der Waals surface area contributed by atoms with Gasteiger partial charge in [-0.2, -0.15) is 0 Å². The lowest BCUT2D eigenvalue weighted by atomic mass is 10.2. The molecule has 2 aromatic rings. The minimum absolute atomic E-state index is 0.0670. The predicted molar refractivity (Wildman–Crippen MR) is 99.4 cm³/mol. The Labute approximate surface area is 152 Å². The van der Waals surface area contributed by atoms with E-state index in [2.05, 4.69) is 32.0 Å². The summed E-state index contributed by atoms with van der Waals surface area (Å²) in [6.07, 6.45) is 10.5. The van der Waals surface area contributed by atoms with Crippen LogP contribution in [-0.2, 0) is 4.79 Å². The van der Waals surface area contributed by atoms with E-state index >= 15 is 0 Å². The van der Waals surface area contributed by atoms with E-state index < -0.39 is 0 Å². The number of unbranched alkanes of at least 4 members (excludes halogenated alkanes) is 3. The van der Waals surface area contributed by atoms with E-state index in [-0.39, 0.29) is 5.91 Å². The van der Waals surface area contributed by atoms with Gasteiger partial charge in [-0.1, -0.05) is 37.9 Å². The average molecular weight is 359 g/mol. The highest BCUT2D eigenvalue weighted by Crippen LogP contribution is 2.40. The maximum Gasteiger partial charge on any atom is 0.230 e. The number of nitrogens with zero attached hydrogens (tertiary/aromatic N) is 4. The Balaban J connectivity index is 1.56. The van der Waals surface area contributed by atoms with Crippen LogP contribution in [0.2, 0.25) is 0 Å². The molecule has 0 aliphatic heterocycles. The van der Waals surface area contributed by atoms with Gasteiger partial charge in [0.15, 0.2) is 11.0 Å². The Morgan fingerprint density at radius 1 is 1.24 bits per heavy atom. The number of rotatable bonds is 10. The van der Waals surface area contributed by atoms with Gasteiger partial charge in [-0.05, 0) is 31.4 Å². The van der Waals surface area contributed by atoms with E-state index in [4.69, 9.17) is 0 Å². The van der Waals surface area contributed by atoms with Crippen LogP contribution >= 0.6 is 11.8 Å². The van der Waals surface area contributed by atoms with Crippen molar-refractivity contribution in [2.24, 2.45) is 0 Å². The summed E-state index contributed by atoms with van der Waals surface area (Å²) in [5.74, 6) is 1.32. The van der Waals surface area contributed by atoms with Crippen LogP contribution in [0.1, 0.15) is 51.5 Å². The maximum absolute atomic E-state index is 12.0. The van der Waals surface area contributed by atoms with Gasteiger partial charge >= 0.3 is 0 Å². The number of carbonyl (C=O) groups excluding carboxylic acids is 1. The molecule has 1 N–H and O–H groups in total. The van der Waals surface area contributed by atoms with Gasteiger partial charge in [-0.3, -0.25) is 14.3 Å². The molecule has 0 bridgehead atoms. The average Bonchev–Trinajstić information content (AvgIpc) is 3.39. The molecule has 3 rings (SSSR count). The lowest BCUT2D eigenvalue weighted by Gasteiger charge is -2.09. The largest absolute Gasteiger partial charge is 0.355 e. The van der Waals surface area contributed by atoms with Crippen LogP contribution in [0.25, 0.3) is 11.4 Å². The predicted octanol–water partition coefficient (Wildman–Crippen LogP) is 3.46. The summed E-state index contributed by atoms with van der Waals surface area (Å²) >= 11 is 1.47. The number of pyridine rings is 1. The molecule has 0 saturated heterocycles. The van der Waals surface area contributed by atoms with E-state index in [0.717, 1.165) is 42.4 Å². The molecular formula is C18H25N5OS. The molecule has 0 unspecified atom stereocenters. The molecule has 1 aliphatic rings. The SMILES string of the molecule is CCCCCCNC(=O)CSc1nnc(-c2ccncc2)n1C1CC1. The molecule has 1 saturated carbocycles. The Morgan fingerprint density at radius 2 is 2.04 bits per heavy atom. The van der Waals surface area contributed by atoms with Gasteiger partial charge in [0.05, 0.1) is 5.75 Å². The highest BCUT2D eigenvalue weighted by molar-refractivity contribution is 7.99. The maximum atomic E-state index is 12.0. The first-order valence-electron chi connectivity index (χ1n) is 9.04. The highest BCUT2D eigenvalue weighted by atomic mass is 32.2. The quantitative estimate of drug-likeness (QED) is 0.519. The molecule has 0 spiro atoms. The van der Waals surface area contributed by atoms with E-state index in [1.54, 1.807) is 12.4 Å². The Morgan fingerprint density at radius 3 is 2.76 bits per heavy atom. The molecule has 0 aromatic carbocycles. The Bertz CT molecular complexity index is 684. The minimum Gasteiger partial charge on any atom is -0.355 e. The molecule has 0 radical (unpaired) electrons. The topological polar surface area (TPSA) is 72.7 Å². The van der Waals surface area contributed by atoms with Crippen LogP contribution < -0.4 is 5.32 Å². The van der Waals surface area contributed by atoms with Gasteiger partial charge in [0.25, 0.3) is 0 Å². The summed E-state index contributed by atoms with van der Waals surface area (Å²) in [4.78, 5) is 16.1. The Kier molecular flexibility index (Phi) is 6.44. The first-order chi connectivity index (χ1) is 12.3. The molecule has 6 nitrogen and oxygen atoms in total. The van der Waals surface area contributed by atoms with Crippen molar-refractivity contribution < 1.29 is 4.79 Å². The molecule has 25 heavy (non-hydrogen) atoms. The second-order valence-corrected chi connectivity index (χ2v) is 7.29. The van der Waals surface area contributed by atoms with Gasteiger partial charge < -0.3 is 5.32 Å². The number of amides is 1. The van der Waals surface area contributed by atoms with Crippen LogP contribution in [0.15, 0.2) is 29.7 Å². The number of hydrogen-bond acceptors (Lipinski definition) is 5.